The molecule has 0 aliphatic rings. The zero-order valence-electron chi connectivity index (χ0n) is 21.4. The summed E-state index contributed by atoms with van der Waals surface area (Å²) in [6.07, 6.45) is 6.07. The van der Waals surface area contributed by atoms with Crippen LogP contribution in [-0.4, -0.2) is 40.8 Å². The van der Waals surface area contributed by atoms with Gasteiger partial charge in [0, 0.05) is 19.6 Å². The van der Waals surface area contributed by atoms with Gasteiger partial charge in [0.15, 0.2) is 0 Å². The molecule has 0 aliphatic heterocycles. The lowest BCUT2D eigenvalue weighted by Gasteiger charge is -2.07. The fourth-order valence-corrected chi connectivity index (χ4v) is 3.01. The van der Waals surface area contributed by atoms with E-state index in [1.807, 2.05) is 40.2 Å². The van der Waals surface area contributed by atoms with E-state index in [4.69, 9.17) is 0 Å². The molecule has 4 heteroatoms. The molecule has 2 aromatic rings. The Morgan fingerprint density at radius 2 is 1.34 bits per heavy atom. The Balaban J connectivity index is 0.000000590. The average Bonchev–Trinajstić information content (AvgIpc) is 2.77. The first kappa shape index (κ1) is 29.8. The molecule has 4 N–H and O–H groups in total. The lowest BCUT2D eigenvalue weighted by Crippen LogP contribution is -2.12. The second-order valence-electron chi connectivity index (χ2n) is 7.67. The van der Waals surface area contributed by atoms with Crippen molar-refractivity contribution in [3.63, 3.8) is 0 Å². The maximum Gasteiger partial charge on any atom is 0.0205 e. The van der Waals surface area contributed by atoms with Crippen LogP contribution in [0.5, 0.6) is 0 Å². The molecule has 0 aliphatic carbocycles. The molecule has 0 spiro atoms. The van der Waals surface area contributed by atoms with Crippen molar-refractivity contribution in [3.05, 3.63) is 83.5 Å². The van der Waals surface area contributed by atoms with Gasteiger partial charge in [0.25, 0.3) is 0 Å². The molecule has 2 aromatic carbocycles. The van der Waals surface area contributed by atoms with E-state index in [0.717, 1.165) is 38.3 Å². The summed E-state index contributed by atoms with van der Waals surface area (Å²) in [5.74, 6) is 0. The van der Waals surface area contributed by atoms with Gasteiger partial charge in [-0.15, -0.1) is 0 Å². The van der Waals surface area contributed by atoms with Crippen molar-refractivity contribution < 1.29 is 0 Å². The minimum absolute atomic E-state index is 0.927. The van der Waals surface area contributed by atoms with Crippen LogP contribution >= 0.6 is 0 Å². The molecule has 32 heavy (non-hydrogen) atoms. The van der Waals surface area contributed by atoms with E-state index >= 15 is 0 Å². The van der Waals surface area contributed by atoms with Crippen LogP contribution in [0.3, 0.4) is 0 Å². The van der Waals surface area contributed by atoms with Crippen molar-refractivity contribution in [3.8, 4) is 0 Å². The van der Waals surface area contributed by atoms with Crippen LogP contribution in [0.2, 0.25) is 0 Å². The summed E-state index contributed by atoms with van der Waals surface area (Å²) in [5, 5.41) is 15.2. The van der Waals surface area contributed by atoms with E-state index in [0.29, 0.717) is 0 Å². The van der Waals surface area contributed by atoms with Crippen molar-refractivity contribution in [2.75, 3.05) is 40.8 Å². The summed E-state index contributed by atoms with van der Waals surface area (Å²) in [4.78, 5) is 0. The molecule has 178 valence electrons. The van der Waals surface area contributed by atoms with Gasteiger partial charge in [-0.1, -0.05) is 68.5 Å². The van der Waals surface area contributed by atoms with Crippen LogP contribution in [-0.2, 0) is 13.1 Å². The van der Waals surface area contributed by atoms with Gasteiger partial charge in [-0.05, 0) is 87.7 Å². The molecule has 0 atom stereocenters. The van der Waals surface area contributed by atoms with Crippen molar-refractivity contribution >= 4 is 10.8 Å². The molecule has 0 fully saturated rings. The largest absolute Gasteiger partial charge is 0.323 e. The second kappa shape index (κ2) is 19.4. The zero-order chi connectivity index (χ0) is 24.2. The first-order valence-electron chi connectivity index (χ1n) is 11.6. The predicted octanol–water partition coefficient (Wildman–Crippen LogP) is 5.18. The average molecular weight is 439 g/mol. The number of hydrogen-bond acceptors (Lipinski definition) is 4. The van der Waals surface area contributed by atoms with E-state index in [2.05, 4.69) is 91.1 Å². The standard InChI is InChI=1S/C16H22N2.C10H17N.C2H7N/c1-3-17-11-13-5-7-16-10-14(12-18-4-2)6-8-15(16)9-13;1-5-6-9(2)7-10(3)8-11-4;1-3-2/h5-10,17-18H,3-4,11-12H2,1-2H3;5-7,11H,2,8H2,1,3-4H3;3H,1-2H3/b;6-5-,10-7+;. The first-order valence-corrected chi connectivity index (χ1v) is 11.6. The third-order valence-corrected chi connectivity index (χ3v) is 4.40. The molecular weight excluding hydrogens is 392 g/mol. The maximum absolute atomic E-state index is 3.88. The van der Waals surface area contributed by atoms with Crippen molar-refractivity contribution in [1.29, 1.82) is 0 Å². The van der Waals surface area contributed by atoms with E-state index in [1.165, 1.54) is 27.5 Å². The van der Waals surface area contributed by atoms with Crippen LogP contribution in [0.1, 0.15) is 38.8 Å². The molecule has 2 rings (SSSR count). The lowest BCUT2D eigenvalue weighted by molar-refractivity contribution is 0.726. The van der Waals surface area contributed by atoms with Crippen LogP contribution in [0.25, 0.3) is 10.8 Å². The van der Waals surface area contributed by atoms with E-state index in [-0.39, 0.29) is 0 Å². The fraction of sp³-hybridized carbons (Fsp3) is 0.429. The minimum Gasteiger partial charge on any atom is -0.323 e. The molecule has 0 unspecified atom stereocenters. The molecule has 0 radical (unpaired) electrons. The molecule has 0 saturated carbocycles. The van der Waals surface area contributed by atoms with Gasteiger partial charge in [0.2, 0.25) is 0 Å². The highest BCUT2D eigenvalue weighted by atomic mass is 14.8. The summed E-state index contributed by atoms with van der Waals surface area (Å²) in [6, 6.07) is 13.4. The topological polar surface area (TPSA) is 48.1 Å². The van der Waals surface area contributed by atoms with E-state index in [9.17, 15) is 0 Å². The second-order valence-corrected chi connectivity index (χ2v) is 7.67. The van der Waals surface area contributed by atoms with Crippen molar-refractivity contribution in [2.45, 2.75) is 40.8 Å². The normalized spacial score (nSPS) is 11.0. The molecular formula is C28H46N4. The van der Waals surface area contributed by atoms with Gasteiger partial charge in [-0.25, -0.2) is 0 Å². The maximum atomic E-state index is 3.88. The molecule has 0 heterocycles. The third-order valence-electron chi connectivity index (χ3n) is 4.40. The van der Waals surface area contributed by atoms with Gasteiger partial charge in [-0.2, -0.15) is 0 Å². The van der Waals surface area contributed by atoms with E-state index < -0.39 is 0 Å². The Morgan fingerprint density at radius 3 is 1.72 bits per heavy atom. The quantitative estimate of drug-likeness (QED) is 0.386. The first-order chi connectivity index (χ1) is 15.4. The van der Waals surface area contributed by atoms with Gasteiger partial charge in [-0.3, -0.25) is 0 Å². The number of allylic oxidation sites excluding steroid dienone is 4. The Kier molecular flexibility index (Phi) is 18.1. The SMILES string of the molecule is C=C(/C=C\C)/C=C(\C)CNC.CCNCc1ccc2cc(CNCC)ccc2c1.CNC. The lowest BCUT2D eigenvalue weighted by atomic mass is 10.0. The summed E-state index contributed by atoms with van der Waals surface area (Å²) in [5.41, 5.74) is 5.06. The molecule has 0 saturated heterocycles. The smallest absolute Gasteiger partial charge is 0.0205 e. The fourth-order valence-electron chi connectivity index (χ4n) is 3.01. The number of benzene rings is 2. The number of nitrogens with one attached hydrogen (secondary N) is 4. The van der Waals surface area contributed by atoms with E-state index in [1.54, 1.807) is 0 Å². The number of fused-ring (bicyclic) bond motifs is 1. The highest BCUT2D eigenvalue weighted by molar-refractivity contribution is 5.83. The third kappa shape index (κ3) is 13.9. The predicted molar refractivity (Wildman–Crippen MR) is 145 cm³/mol. The Bertz CT molecular complexity index is 774. The molecule has 0 bridgehead atoms. The Morgan fingerprint density at radius 1 is 0.875 bits per heavy atom. The van der Waals surface area contributed by atoms with Gasteiger partial charge in [0.1, 0.15) is 0 Å². The molecule has 0 amide bonds. The van der Waals surface area contributed by atoms with Gasteiger partial charge < -0.3 is 21.3 Å². The van der Waals surface area contributed by atoms with Gasteiger partial charge >= 0.3 is 0 Å². The zero-order valence-corrected chi connectivity index (χ0v) is 21.4. The van der Waals surface area contributed by atoms with Crippen molar-refractivity contribution in [1.82, 2.24) is 21.3 Å². The summed E-state index contributed by atoms with van der Waals surface area (Å²) >= 11 is 0. The Labute approximate surface area is 197 Å². The van der Waals surface area contributed by atoms with Crippen LogP contribution in [0.15, 0.2) is 72.4 Å². The highest BCUT2D eigenvalue weighted by Gasteiger charge is 1.98. The molecule has 0 aromatic heterocycles. The summed E-state index contributed by atoms with van der Waals surface area (Å²) in [7, 11) is 5.69. The van der Waals surface area contributed by atoms with Gasteiger partial charge in [0.05, 0.1) is 0 Å². The van der Waals surface area contributed by atoms with Crippen LogP contribution < -0.4 is 21.3 Å². The Hall–Kier alpha value is -2.24. The van der Waals surface area contributed by atoms with Crippen molar-refractivity contribution in [2.24, 2.45) is 0 Å². The monoisotopic (exact) mass is 438 g/mol. The number of likely N-dealkylation sites (N-methyl/N-ethyl adjacent to an activating group) is 1. The van der Waals surface area contributed by atoms with Crippen LogP contribution in [0.4, 0.5) is 0 Å². The summed E-state index contributed by atoms with van der Waals surface area (Å²) in [6.45, 7) is 17.1. The van der Waals surface area contributed by atoms with Crippen LogP contribution in [0, 0.1) is 0 Å². The minimum atomic E-state index is 0.927. The number of hydrogen-bond donors (Lipinski definition) is 4. The molecule has 4 nitrogen and oxygen atoms in total. The number of rotatable bonds is 10. The summed E-state index contributed by atoms with van der Waals surface area (Å²) < 4.78 is 0. The highest BCUT2D eigenvalue weighted by Crippen LogP contribution is 2.18.